The van der Waals surface area contributed by atoms with E-state index in [1.54, 1.807) is 0 Å². The number of nitrogens with one attached hydrogen (secondary N) is 1. The van der Waals surface area contributed by atoms with Crippen molar-refractivity contribution < 1.29 is 9.90 Å². The molecule has 0 saturated carbocycles. The zero-order valence-corrected chi connectivity index (χ0v) is 22.2. The van der Waals surface area contributed by atoms with Gasteiger partial charge in [-0.25, -0.2) is 0 Å². The maximum atomic E-state index is 13.1. The molecule has 2 N–H and O–H groups in total. The summed E-state index contributed by atoms with van der Waals surface area (Å²) < 4.78 is 0. The standard InChI is InChI=1S/C30H41N5O2/c1-33-14-5-15-34(18-17-33)22-24-6-11-29(27(20-24)21-31)25-7-9-26(10-8-25)30(37)35-16-12-28(23-35)32-13-3-2-4-19-36/h6-11,20,28,32,36H,2-5,12-19,22-23H2,1H3. The molecular formula is C30H41N5O2. The second-order valence-electron chi connectivity index (χ2n) is 10.5. The van der Waals surface area contributed by atoms with E-state index in [9.17, 15) is 10.1 Å². The lowest BCUT2D eigenvalue weighted by Crippen LogP contribution is -2.35. The van der Waals surface area contributed by atoms with Crippen molar-refractivity contribution >= 4 is 5.91 Å². The average Bonchev–Trinajstić information content (AvgIpc) is 3.30. The van der Waals surface area contributed by atoms with Crippen molar-refractivity contribution in [3.05, 3.63) is 59.2 Å². The van der Waals surface area contributed by atoms with Crippen LogP contribution in [0.4, 0.5) is 0 Å². The molecule has 2 aromatic carbocycles. The van der Waals surface area contributed by atoms with E-state index in [0.717, 1.165) is 89.2 Å². The Hall–Kier alpha value is -2.76. The van der Waals surface area contributed by atoms with Crippen LogP contribution in [0.2, 0.25) is 0 Å². The number of hydrogen-bond donors (Lipinski definition) is 2. The Morgan fingerprint density at radius 3 is 2.68 bits per heavy atom. The van der Waals surface area contributed by atoms with Crippen LogP contribution >= 0.6 is 0 Å². The number of hydrogen-bond acceptors (Lipinski definition) is 6. The third-order valence-corrected chi connectivity index (χ3v) is 7.61. The van der Waals surface area contributed by atoms with Crippen molar-refractivity contribution in [2.24, 2.45) is 0 Å². The van der Waals surface area contributed by atoms with E-state index in [1.165, 1.54) is 12.0 Å². The molecule has 2 heterocycles. The number of likely N-dealkylation sites (N-methyl/N-ethyl adjacent to an activating group) is 1. The lowest BCUT2D eigenvalue weighted by atomic mass is 9.97. The smallest absolute Gasteiger partial charge is 0.253 e. The van der Waals surface area contributed by atoms with Gasteiger partial charge in [0.05, 0.1) is 11.6 Å². The predicted octanol–water partition coefficient (Wildman–Crippen LogP) is 3.33. The number of rotatable bonds is 10. The molecule has 2 aliphatic heterocycles. The minimum Gasteiger partial charge on any atom is -0.396 e. The van der Waals surface area contributed by atoms with Crippen LogP contribution in [-0.2, 0) is 6.54 Å². The fraction of sp³-hybridized carbons (Fsp3) is 0.533. The molecule has 1 unspecified atom stereocenters. The van der Waals surface area contributed by atoms with Gasteiger partial charge < -0.3 is 20.2 Å². The van der Waals surface area contributed by atoms with Gasteiger partial charge in [0.15, 0.2) is 0 Å². The number of nitriles is 1. The third kappa shape index (κ3) is 7.62. The van der Waals surface area contributed by atoms with Crippen molar-refractivity contribution in [2.45, 2.75) is 44.7 Å². The van der Waals surface area contributed by atoms with Crippen molar-refractivity contribution in [1.82, 2.24) is 20.0 Å². The monoisotopic (exact) mass is 503 g/mol. The normalized spacial score (nSPS) is 19.1. The highest BCUT2D eigenvalue weighted by Gasteiger charge is 2.26. The third-order valence-electron chi connectivity index (χ3n) is 7.61. The minimum atomic E-state index is 0.0649. The van der Waals surface area contributed by atoms with Gasteiger partial charge in [-0.05, 0) is 93.7 Å². The summed E-state index contributed by atoms with van der Waals surface area (Å²) >= 11 is 0. The number of carbonyl (C=O) groups is 1. The highest BCUT2D eigenvalue weighted by molar-refractivity contribution is 5.95. The van der Waals surface area contributed by atoms with Gasteiger partial charge in [0, 0.05) is 50.9 Å². The first kappa shape index (κ1) is 27.3. The van der Waals surface area contributed by atoms with E-state index < -0.39 is 0 Å². The van der Waals surface area contributed by atoms with E-state index in [4.69, 9.17) is 5.11 Å². The Morgan fingerprint density at radius 1 is 1.05 bits per heavy atom. The molecule has 7 nitrogen and oxygen atoms in total. The molecule has 4 rings (SSSR count). The summed E-state index contributed by atoms with van der Waals surface area (Å²) in [6.45, 7) is 7.89. The molecule has 37 heavy (non-hydrogen) atoms. The zero-order chi connectivity index (χ0) is 26.0. The number of aliphatic hydroxyl groups excluding tert-OH is 1. The first-order chi connectivity index (χ1) is 18.1. The number of amides is 1. The summed E-state index contributed by atoms with van der Waals surface area (Å²) in [4.78, 5) is 19.8. The van der Waals surface area contributed by atoms with Crippen molar-refractivity contribution in [3.63, 3.8) is 0 Å². The van der Waals surface area contributed by atoms with Gasteiger partial charge in [0.25, 0.3) is 5.91 Å². The minimum absolute atomic E-state index is 0.0649. The van der Waals surface area contributed by atoms with E-state index in [0.29, 0.717) is 17.2 Å². The molecule has 2 aliphatic rings. The van der Waals surface area contributed by atoms with Crippen LogP contribution in [0.15, 0.2) is 42.5 Å². The molecule has 2 saturated heterocycles. The van der Waals surface area contributed by atoms with Gasteiger partial charge in [0.1, 0.15) is 0 Å². The number of nitrogens with zero attached hydrogens (tertiary/aromatic N) is 4. The average molecular weight is 504 g/mol. The van der Waals surface area contributed by atoms with Gasteiger partial charge in [-0.1, -0.05) is 24.3 Å². The molecule has 0 radical (unpaired) electrons. The van der Waals surface area contributed by atoms with Crippen molar-refractivity contribution in [2.75, 3.05) is 59.5 Å². The molecule has 1 atom stereocenters. The SMILES string of the molecule is CN1CCCN(Cc2ccc(-c3ccc(C(=O)N4CCC(NCCCCCO)C4)cc3)c(C#N)c2)CC1. The van der Waals surface area contributed by atoms with Crippen LogP contribution in [0.1, 0.15) is 53.6 Å². The predicted molar refractivity (Wildman–Crippen MR) is 147 cm³/mol. The van der Waals surface area contributed by atoms with Crippen molar-refractivity contribution in [1.29, 1.82) is 5.26 Å². The molecule has 0 bridgehead atoms. The van der Waals surface area contributed by atoms with Crippen LogP contribution in [-0.4, -0.2) is 91.2 Å². The molecular weight excluding hydrogens is 462 g/mol. The maximum absolute atomic E-state index is 13.1. The van der Waals surface area contributed by atoms with Crippen LogP contribution < -0.4 is 5.32 Å². The highest BCUT2D eigenvalue weighted by atomic mass is 16.2. The Balaban J connectivity index is 1.34. The molecule has 1 amide bonds. The lowest BCUT2D eigenvalue weighted by Gasteiger charge is -2.20. The number of benzene rings is 2. The topological polar surface area (TPSA) is 82.8 Å². The van der Waals surface area contributed by atoms with Gasteiger partial charge in [-0.2, -0.15) is 5.26 Å². The fourth-order valence-corrected chi connectivity index (χ4v) is 5.36. The molecule has 0 aromatic heterocycles. The largest absolute Gasteiger partial charge is 0.396 e. The molecule has 7 heteroatoms. The van der Waals surface area contributed by atoms with Gasteiger partial charge in [-0.3, -0.25) is 9.69 Å². The van der Waals surface area contributed by atoms with Crippen LogP contribution in [0.5, 0.6) is 0 Å². The first-order valence-electron chi connectivity index (χ1n) is 13.8. The van der Waals surface area contributed by atoms with Crippen molar-refractivity contribution in [3.8, 4) is 17.2 Å². The van der Waals surface area contributed by atoms with Crippen LogP contribution in [0.25, 0.3) is 11.1 Å². The van der Waals surface area contributed by atoms with Gasteiger partial charge in [0.2, 0.25) is 0 Å². The summed E-state index contributed by atoms with van der Waals surface area (Å²) in [5.74, 6) is 0.0649. The second-order valence-corrected chi connectivity index (χ2v) is 10.5. The Bertz CT molecular complexity index is 1060. The van der Waals surface area contributed by atoms with E-state index >= 15 is 0 Å². The number of likely N-dealkylation sites (tertiary alicyclic amines) is 1. The van der Waals surface area contributed by atoms with Gasteiger partial charge >= 0.3 is 0 Å². The first-order valence-corrected chi connectivity index (χ1v) is 13.8. The van der Waals surface area contributed by atoms with Gasteiger partial charge in [-0.15, -0.1) is 0 Å². The number of unbranched alkanes of at least 4 members (excludes halogenated alkanes) is 2. The Kier molecular flexibility index (Phi) is 10.1. The Morgan fingerprint density at radius 2 is 1.89 bits per heavy atom. The highest BCUT2D eigenvalue weighted by Crippen LogP contribution is 2.26. The summed E-state index contributed by atoms with van der Waals surface area (Å²) in [5.41, 5.74) is 4.40. The Labute approximate surface area is 221 Å². The number of aliphatic hydroxyl groups is 1. The van der Waals surface area contributed by atoms with Crippen LogP contribution in [0.3, 0.4) is 0 Å². The van der Waals surface area contributed by atoms with Crippen LogP contribution in [0, 0.1) is 11.3 Å². The maximum Gasteiger partial charge on any atom is 0.253 e. The fourth-order valence-electron chi connectivity index (χ4n) is 5.36. The van der Waals surface area contributed by atoms with E-state index in [1.807, 2.05) is 41.3 Å². The molecule has 198 valence electrons. The quantitative estimate of drug-likeness (QED) is 0.484. The second kappa shape index (κ2) is 13.7. The summed E-state index contributed by atoms with van der Waals surface area (Å²) in [5, 5.41) is 22.3. The summed E-state index contributed by atoms with van der Waals surface area (Å²) in [7, 11) is 2.17. The van der Waals surface area contributed by atoms with E-state index in [-0.39, 0.29) is 12.5 Å². The number of carbonyl (C=O) groups excluding carboxylic acids is 1. The molecule has 2 aromatic rings. The summed E-state index contributed by atoms with van der Waals surface area (Å²) in [6.07, 6.45) is 5.07. The molecule has 0 aliphatic carbocycles. The molecule has 0 spiro atoms. The summed E-state index contributed by atoms with van der Waals surface area (Å²) in [6, 6.07) is 16.6. The molecule has 2 fully saturated rings. The van der Waals surface area contributed by atoms with E-state index in [2.05, 4.69) is 34.3 Å². The zero-order valence-electron chi connectivity index (χ0n) is 22.2. The lowest BCUT2D eigenvalue weighted by molar-refractivity contribution is 0.0789.